The van der Waals surface area contributed by atoms with E-state index in [1.807, 2.05) is 19.9 Å². The van der Waals surface area contributed by atoms with E-state index in [0.29, 0.717) is 30.1 Å². The Balaban J connectivity index is 2.49. The Bertz CT molecular complexity index is 1050. The number of carbonyl (C=O) groups excluding carboxylic acids is 2. The number of ether oxygens (including phenoxy) is 4. The van der Waals surface area contributed by atoms with Crippen LogP contribution in [0.25, 0.3) is 0 Å². The van der Waals surface area contributed by atoms with Crippen LogP contribution in [-0.2, 0) is 40.9 Å². The van der Waals surface area contributed by atoms with Crippen LogP contribution in [0.15, 0.2) is 11.6 Å². The molecule has 0 amide bonds. The van der Waals surface area contributed by atoms with Crippen LogP contribution in [0.5, 0.6) is 11.5 Å². The van der Waals surface area contributed by atoms with Gasteiger partial charge in [-0.1, -0.05) is 31.3 Å². The molecule has 1 unspecified atom stereocenters. The third-order valence-electron chi connectivity index (χ3n) is 6.26. The lowest BCUT2D eigenvalue weighted by Crippen LogP contribution is -2.24. The van der Waals surface area contributed by atoms with Gasteiger partial charge in [0.25, 0.3) is 0 Å². The van der Waals surface area contributed by atoms with Gasteiger partial charge >= 0.3 is 19.5 Å². The first kappa shape index (κ1) is 30.1. The highest BCUT2D eigenvalue weighted by molar-refractivity contribution is 7.55. The zero-order valence-corrected chi connectivity index (χ0v) is 24.7. The maximum Gasteiger partial charge on any atom is 0.344 e. The van der Waals surface area contributed by atoms with Gasteiger partial charge in [-0.15, -0.1) is 0 Å². The molecule has 1 aliphatic heterocycles. The smallest absolute Gasteiger partial charge is 0.344 e. The average Bonchev–Trinajstić information content (AvgIpc) is 3.22. The molecule has 11 heteroatoms. The van der Waals surface area contributed by atoms with Crippen LogP contribution < -0.4 is 9.47 Å². The number of rotatable bonds is 13. The second kappa shape index (κ2) is 12.4. The van der Waals surface area contributed by atoms with Gasteiger partial charge in [-0.25, -0.2) is 4.79 Å². The van der Waals surface area contributed by atoms with Gasteiger partial charge < -0.3 is 28.0 Å². The second-order valence-corrected chi connectivity index (χ2v) is 18.0. The average molecular weight is 543 g/mol. The van der Waals surface area contributed by atoms with E-state index in [-0.39, 0.29) is 13.0 Å². The summed E-state index contributed by atoms with van der Waals surface area (Å²) in [5.41, 5.74) is 2.42. The number of carbonyl (C=O) groups is 2. The largest absolute Gasteiger partial charge is 0.496 e. The van der Waals surface area contributed by atoms with E-state index in [0.717, 1.165) is 28.3 Å². The Kier molecular flexibility index (Phi) is 10.4. The van der Waals surface area contributed by atoms with Crippen LogP contribution in [0.3, 0.4) is 0 Å². The Morgan fingerprint density at radius 1 is 1.14 bits per heavy atom. The van der Waals surface area contributed by atoms with Crippen LogP contribution in [0.4, 0.5) is 0 Å². The van der Waals surface area contributed by atoms with Crippen molar-refractivity contribution in [2.24, 2.45) is 0 Å². The summed E-state index contributed by atoms with van der Waals surface area (Å²) in [6.07, 6.45) is 2.35. The molecular weight excluding hydrogens is 503 g/mol. The first-order valence-electron chi connectivity index (χ1n) is 11.8. The molecule has 9 nitrogen and oxygen atoms in total. The molecule has 0 aliphatic carbocycles. The Morgan fingerprint density at radius 3 is 2.31 bits per heavy atom. The topological polar surface area (TPSA) is 107 Å². The van der Waals surface area contributed by atoms with Crippen molar-refractivity contribution in [1.82, 2.24) is 0 Å². The molecule has 1 atom stereocenters. The summed E-state index contributed by atoms with van der Waals surface area (Å²) < 4.78 is 45.3. The fourth-order valence-corrected chi connectivity index (χ4v) is 6.33. The van der Waals surface area contributed by atoms with Crippen LogP contribution in [-0.4, -0.2) is 60.7 Å². The number of benzene rings is 1. The third-order valence-corrected chi connectivity index (χ3v) is 10.1. The van der Waals surface area contributed by atoms with E-state index in [9.17, 15) is 14.2 Å². The first-order chi connectivity index (χ1) is 16.8. The highest BCUT2D eigenvalue weighted by atomic mass is 31.2. The molecule has 2 rings (SSSR count). The van der Waals surface area contributed by atoms with Crippen molar-refractivity contribution in [3.63, 3.8) is 0 Å². The number of hydrogen-bond acceptors (Lipinski definition) is 9. The lowest BCUT2D eigenvalue weighted by molar-refractivity contribution is -0.140. The van der Waals surface area contributed by atoms with E-state index in [2.05, 4.69) is 19.6 Å². The van der Waals surface area contributed by atoms with Gasteiger partial charge in [0.05, 0.1) is 20.8 Å². The molecule has 0 bridgehead atoms. The molecule has 1 aromatic rings. The summed E-state index contributed by atoms with van der Waals surface area (Å²) in [4.78, 5) is 25.0. The van der Waals surface area contributed by atoms with E-state index in [1.54, 1.807) is 7.11 Å². The molecule has 0 N–H and O–H groups in total. The highest BCUT2D eigenvalue weighted by Gasteiger charge is 2.41. The molecule has 36 heavy (non-hydrogen) atoms. The fraction of sp³-hybridized carbons (Fsp3) is 0.600. The van der Waals surface area contributed by atoms with Gasteiger partial charge in [0.15, 0.2) is 5.66 Å². The minimum absolute atomic E-state index is 0.103. The van der Waals surface area contributed by atoms with Crippen molar-refractivity contribution in [3.8, 4) is 11.5 Å². The van der Waals surface area contributed by atoms with E-state index >= 15 is 0 Å². The van der Waals surface area contributed by atoms with E-state index in [4.69, 9.17) is 28.0 Å². The number of allylic oxidation sites excluding steroid dienone is 2. The number of esters is 2. The number of cyclic esters (lactones) is 1. The molecule has 0 aromatic heterocycles. The van der Waals surface area contributed by atoms with Crippen LogP contribution in [0.2, 0.25) is 25.7 Å². The van der Waals surface area contributed by atoms with Crippen LogP contribution >= 0.6 is 7.60 Å². The molecule has 1 aromatic carbocycles. The predicted octanol–water partition coefficient (Wildman–Crippen LogP) is 5.30. The Hall–Kier alpha value is -2.13. The number of hydrogen-bond donors (Lipinski definition) is 0. The van der Waals surface area contributed by atoms with Crippen molar-refractivity contribution in [2.75, 3.05) is 35.0 Å². The lowest BCUT2D eigenvalue weighted by atomic mass is 9.94. The SMILES string of the molecule is COC(=O)C(CC(C)=CCc1c(OC)c(C)c2c(c1OCC[Si](C)(C)C)C(=O)OC2)P(=O)(OC)OC. The van der Waals surface area contributed by atoms with Gasteiger partial charge in [0, 0.05) is 33.4 Å². The highest BCUT2D eigenvalue weighted by Crippen LogP contribution is 2.54. The molecule has 1 aliphatic rings. The monoisotopic (exact) mass is 542 g/mol. The minimum Gasteiger partial charge on any atom is -0.496 e. The van der Waals surface area contributed by atoms with Crippen molar-refractivity contribution in [1.29, 1.82) is 0 Å². The van der Waals surface area contributed by atoms with Gasteiger partial charge in [0.2, 0.25) is 0 Å². The van der Waals surface area contributed by atoms with Crippen molar-refractivity contribution < 1.29 is 42.1 Å². The summed E-state index contributed by atoms with van der Waals surface area (Å²) in [6.45, 7) is 11.1. The molecule has 0 saturated carbocycles. The van der Waals surface area contributed by atoms with Crippen molar-refractivity contribution in [3.05, 3.63) is 33.9 Å². The van der Waals surface area contributed by atoms with Gasteiger partial charge in [0.1, 0.15) is 23.7 Å². The standard InChI is InChI=1S/C25H39O9PSi/c1-16(14-20(24(26)30-4)35(28,31-5)32-6)10-11-18-22(29-3)17(2)19-15-34-25(27)21(19)23(18)33-12-13-36(7,8)9/h10,20H,11-15H2,1-9H3. The molecule has 0 radical (unpaired) electrons. The van der Waals surface area contributed by atoms with Crippen molar-refractivity contribution >= 4 is 27.6 Å². The normalized spacial score (nSPS) is 14.8. The van der Waals surface area contributed by atoms with Crippen molar-refractivity contribution in [2.45, 2.75) is 64.6 Å². The summed E-state index contributed by atoms with van der Waals surface area (Å²) >= 11 is 0. The first-order valence-corrected chi connectivity index (χ1v) is 17.1. The molecule has 202 valence electrons. The quantitative estimate of drug-likeness (QED) is 0.142. The number of fused-ring (bicyclic) bond motifs is 1. The fourth-order valence-electron chi connectivity index (χ4n) is 4.08. The number of methoxy groups -OCH3 is 2. The van der Waals surface area contributed by atoms with Gasteiger partial charge in [-0.2, -0.15) is 0 Å². The Morgan fingerprint density at radius 2 is 1.78 bits per heavy atom. The minimum atomic E-state index is -3.72. The van der Waals surface area contributed by atoms with Gasteiger partial charge in [-0.3, -0.25) is 9.36 Å². The summed E-state index contributed by atoms with van der Waals surface area (Å²) in [6, 6.07) is 0.922. The second-order valence-electron chi connectivity index (χ2n) is 9.96. The van der Waals surface area contributed by atoms with Crippen LogP contribution in [0, 0.1) is 6.92 Å². The summed E-state index contributed by atoms with van der Waals surface area (Å²) in [7, 11) is 0.188. The molecular formula is C25H39O9PSi. The molecule has 0 fully saturated rings. The zero-order chi connectivity index (χ0) is 27.3. The van der Waals surface area contributed by atoms with E-state index < -0.39 is 33.3 Å². The maximum absolute atomic E-state index is 13.0. The Labute approximate surface area is 215 Å². The predicted molar refractivity (Wildman–Crippen MR) is 140 cm³/mol. The molecule has 0 saturated heterocycles. The zero-order valence-electron chi connectivity index (χ0n) is 22.8. The maximum atomic E-state index is 13.0. The van der Waals surface area contributed by atoms with Crippen LogP contribution in [0.1, 0.15) is 40.4 Å². The third kappa shape index (κ3) is 6.79. The molecule has 1 heterocycles. The molecule has 0 spiro atoms. The van der Waals surface area contributed by atoms with E-state index in [1.165, 1.54) is 21.3 Å². The van der Waals surface area contributed by atoms with Gasteiger partial charge in [-0.05, 0) is 38.3 Å². The summed E-state index contributed by atoms with van der Waals surface area (Å²) in [5, 5.41) is 0. The summed E-state index contributed by atoms with van der Waals surface area (Å²) in [5.74, 6) is 0.00995. The lowest BCUT2D eigenvalue weighted by Gasteiger charge is -2.23.